The van der Waals surface area contributed by atoms with Crippen molar-refractivity contribution in [2.75, 3.05) is 0 Å². The highest BCUT2D eigenvalue weighted by Gasteiger charge is 2.21. The van der Waals surface area contributed by atoms with Crippen LogP contribution >= 0.6 is 0 Å². The summed E-state index contributed by atoms with van der Waals surface area (Å²) in [5.74, 6) is 0. The van der Waals surface area contributed by atoms with E-state index in [0.29, 0.717) is 38.2 Å². The molecule has 0 radical (unpaired) electrons. The molecular formula is C42H26O. The molecule has 0 saturated carbocycles. The Morgan fingerprint density at radius 2 is 1.07 bits per heavy atom. The van der Waals surface area contributed by atoms with Crippen molar-refractivity contribution in [2.45, 2.75) is 0 Å². The number of hydrogen-bond acceptors (Lipinski definition) is 1. The third kappa shape index (κ3) is 3.65. The molecule has 200 valence electrons. The third-order valence-electron chi connectivity index (χ3n) is 7.87. The van der Waals surface area contributed by atoms with Crippen molar-refractivity contribution in [2.24, 2.45) is 0 Å². The Morgan fingerprint density at radius 3 is 1.81 bits per heavy atom. The molecular weight excluding hydrogens is 520 g/mol. The Bertz CT molecular complexity index is 3170. The second kappa shape index (κ2) is 9.44. The first kappa shape index (κ1) is 14.5. The topological polar surface area (TPSA) is 13.1 Å². The standard InChI is InChI=1S/C42H26O/c1-2-13-28(14-3-1)31-20-10-22-37-41-36(21-11-23-38(41)43-42(31)37)40-34-18-8-6-16-32(34)39(33-17-7-9-19-35(33)40)30-25-24-27-12-4-5-15-29(27)26-30/h1-26H/i4D,5D,10D,11D,12D,15D,20D,21D,22D,23D,24D,25D,26D. The molecule has 9 rings (SSSR count). The first-order valence-electron chi connectivity index (χ1n) is 20.2. The van der Waals surface area contributed by atoms with Crippen LogP contribution in [0.15, 0.2) is 162 Å². The minimum atomic E-state index is -0.567. The summed E-state index contributed by atoms with van der Waals surface area (Å²) < 4.78 is 122. The molecule has 1 heteroatoms. The van der Waals surface area contributed by atoms with Gasteiger partial charge in [-0.15, -0.1) is 0 Å². The maximum Gasteiger partial charge on any atom is 0.143 e. The van der Waals surface area contributed by atoms with E-state index in [9.17, 15) is 4.11 Å². The van der Waals surface area contributed by atoms with Crippen LogP contribution in [0, 0.1) is 0 Å². The van der Waals surface area contributed by atoms with E-state index >= 15 is 0 Å². The second-order valence-corrected chi connectivity index (χ2v) is 10.2. The van der Waals surface area contributed by atoms with Crippen molar-refractivity contribution in [1.82, 2.24) is 0 Å². The van der Waals surface area contributed by atoms with Crippen LogP contribution in [0.3, 0.4) is 0 Å². The zero-order valence-corrected chi connectivity index (χ0v) is 22.4. The van der Waals surface area contributed by atoms with Gasteiger partial charge in [0.15, 0.2) is 0 Å². The molecule has 0 amide bonds. The molecule has 1 heterocycles. The molecule has 0 spiro atoms. The monoisotopic (exact) mass is 559 g/mol. The zero-order chi connectivity index (χ0) is 39.6. The highest BCUT2D eigenvalue weighted by Crippen LogP contribution is 2.47. The summed E-state index contributed by atoms with van der Waals surface area (Å²) in [7, 11) is 0. The molecule has 0 fully saturated rings. The quantitative estimate of drug-likeness (QED) is 0.196. The fraction of sp³-hybridized carbons (Fsp3) is 0. The van der Waals surface area contributed by atoms with E-state index < -0.39 is 48.3 Å². The van der Waals surface area contributed by atoms with Crippen molar-refractivity contribution in [3.8, 4) is 33.4 Å². The SMILES string of the molecule is [2H]c1c([2H])c(-c2c3ccccc3c(-c3c([2H])c([2H])c4c([2H])c([2H])c([2H])c([2H])c4c3[2H])c3ccccc23)c2c(oc3c(-c4ccccc4)c([2H])c([2H])c([2H])c32)c1[2H]. The molecule has 43 heavy (non-hydrogen) atoms. The molecule has 0 aliphatic rings. The van der Waals surface area contributed by atoms with Gasteiger partial charge >= 0.3 is 0 Å². The number of hydrogen-bond donors (Lipinski definition) is 0. The first-order valence-corrected chi connectivity index (χ1v) is 13.7. The summed E-state index contributed by atoms with van der Waals surface area (Å²) in [6, 6.07) is 17.4. The Balaban J connectivity index is 1.51. The maximum absolute atomic E-state index is 9.44. The number of fused-ring (bicyclic) bond motifs is 6. The Hall–Kier alpha value is -5.66. The summed E-state index contributed by atoms with van der Waals surface area (Å²) in [6.07, 6.45) is 0. The van der Waals surface area contributed by atoms with Gasteiger partial charge in [-0.3, -0.25) is 0 Å². The van der Waals surface area contributed by atoms with Gasteiger partial charge in [0.05, 0.1) is 17.8 Å². The van der Waals surface area contributed by atoms with Crippen LogP contribution < -0.4 is 0 Å². The molecule has 0 unspecified atom stereocenters. The van der Waals surface area contributed by atoms with E-state index in [0.717, 1.165) is 0 Å². The minimum absolute atomic E-state index is 0.0260. The number of rotatable bonds is 3. The lowest BCUT2D eigenvalue weighted by Crippen LogP contribution is -1.91. The summed E-state index contributed by atoms with van der Waals surface area (Å²) in [5, 5.41) is 1.76. The molecule has 0 atom stereocenters. The van der Waals surface area contributed by atoms with Gasteiger partial charge in [-0.25, -0.2) is 0 Å². The lowest BCUT2D eigenvalue weighted by atomic mass is 9.84. The minimum Gasteiger partial charge on any atom is -0.455 e. The van der Waals surface area contributed by atoms with Crippen LogP contribution in [0.25, 0.3) is 87.6 Å². The van der Waals surface area contributed by atoms with Crippen molar-refractivity contribution in [3.63, 3.8) is 0 Å². The molecule has 1 aromatic heterocycles. The van der Waals surface area contributed by atoms with Gasteiger partial charge in [-0.2, -0.15) is 0 Å². The predicted molar refractivity (Wildman–Crippen MR) is 183 cm³/mol. The average Bonchev–Trinajstić information content (AvgIpc) is 3.59. The predicted octanol–water partition coefficient (Wildman–Crippen LogP) is 12.0. The van der Waals surface area contributed by atoms with Gasteiger partial charge in [0, 0.05) is 16.3 Å². The number of furan rings is 1. The van der Waals surface area contributed by atoms with E-state index in [4.69, 9.17) is 18.1 Å². The molecule has 0 saturated heterocycles. The van der Waals surface area contributed by atoms with E-state index in [1.807, 2.05) is 0 Å². The largest absolute Gasteiger partial charge is 0.455 e. The number of benzene rings is 8. The summed E-state index contributed by atoms with van der Waals surface area (Å²) in [4.78, 5) is 0. The number of para-hydroxylation sites is 1. The van der Waals surface area contributed by atoms with Crippen LogP contribution in [0.4, 0.5) is 0 Å². The summed E-state index contributed by atoms with van der Waals surface area (Å²) >= 11 is 0. The lowest BCUT2D eigenvalue weighted by Gasteiger charge is -2.18. The lowest BCUT2D eigenvalue weighted by molar-refractivity contribution is 0.670. The smallest absolute Gasteiger partial charge is 0.143 e. The molecule has 0 aliphatic carbocycles. The van der Waals surface area contributed by atoms with E-state index in [-0.39, 0.29) is 79.6 Å². The molecule has 0 bridgehead atoms. The Kier molecular flexibility index (Phi) is 3.18. The molecule has 9 aromatic rings. The van der Waals surface area contributed by atoms with Gasteiger partial charge in [-0.05, 0) is 72.2 Å². The van der Waals surface area contributed by atoms with Crippen LogP contribution in [-0.4, -0.2) is 0 Å². The molecule has 1 nitrogen and oxygen atoms in total. The molecule has 0 N–H and O–H groups in total. The molecule has 0 aliphatic heterocycles. The Morgan fingerprint density at radius 1 is 0.442 bits per heavy atom. The first-order chi connectivity index (χ1) is 26.8. The van der Waals surface area contributed by atoms with Crippen LogP contribution in [0.5, 0.6) is 0 Å². The van der Waals surface area contributed by atoms with Crippen LogP contribution in [0.2, 0.25) is 0 Å². The summed E-state index contributed by atoms with van der Waals surface area (Å²) in [6.45, 7) is 0. The molecule has 8 aromatic carbocycles. The second-order valence-electron chi connectivity index (χ2n) is 10.2. The average molecular weight is 560 g/mol. The summed E-state index contributed by atoms with van der Waals surface area (Å²) in [5.41, 5.74) is 1.65. The van der Waals surface area contributed by atoms with E-state index in [2.05, 4.69) is 0 Å². The van der Waals surface area contributed by atoms with Gasteiger partial charge in [0.25, 0.3) is 0 Å². The van der Waals surface area contributed by atoms with Crippen molar-refractivity contribution < 1.29 is 22.2 Å². The Labute approximate surface area is 267 Å². The van der Waals surface area contributed by atoms with E-state index in [1.54, 1.807) is 78.9 Å². The normalized spacial score (nSPS) is 16.0. The van der Waals surface area contributed by atoms with Gasteiger partial charge in [0.2, 0.25) is 0 Å². The van der Waals surface area contributed by atoms with Crippen molar-refractivity contribution in [1.29, 1.82) is 0 Å². The third-order valence-corrected chi connectivity index (χ3v) is 7.87. The van der Waals surface area contributed by atoms with Gasteiger partial charge < -0.3 is 4.42 Å². The fourth-order valence-corrected chi connectivity index (χ4v) is 6.05. The maximum atomic E-state index is 9.44. The van der Waals surface area contributed by atoms with E-state index in [1.165, 1.54) is 0 Å². The highest BCUT2D eigenvalue weighted by atomic mass is 16.3. The zero-order valence-electron chi connectivity index (χ0n) is 35.4. The van der Waals surface area contributed by atoms with Gasteiger partial charge in [-0.1, -0.05) is 145 Å². The van der Waals surface area contributed by atoms with Crippen LogP contribution in [0.1, 0.15) is 17.8 Å². The van der Waals surface area contributed by atoms with Crippen LogP contribution in [-0.2, 0) is 0 Å². The van der Waals surface area contributed by atoms with Crippen molar-refractivity contribution >= 4 is 54.3 Å². The fourth-order valence-electron chi connectivity index (χ4n) is 6.05. The van der Waals surface area contributed by atoms with Gasteiger partial charge in [0.1, 0.15) is 11.2 Å². The van der Waals surface area contributed by atoms with Crippen molar-refractivity contribution in [3.05, 3.63) is 157 Å². The highest BCUT2D eigenvalue weighted by molar-refractivity contribution is 6.26.